The number of hydrogen-bond donors (Lipinski definition) is 0. The van der Waals surface area contributed by atoms with Crippen molar-refractivity contribution in [2.24, 2.45) is 0 Å². The lowest BCUT2D eigenvalue weighted by atomic mass is 9.98. The lowest BCUT2D eigenvalue weighted by molar-refractivity contribution is -0.0939. The van der Waals surface area contributed by atoms with Crippen LogP contribution in [0.5, 0.6) is 0 Å². The highest BCUT2D eigenvalue weighted by atomic mass is 19.4. The van der Waals surface area contributed by atoms with Crippen LogP contribution in [0.1, 0.15) is 13.3 Å². The molecule has 0 nitrogen and oxygen atoms in total. The van der Waals surface area contributed by atoms with Crippen molar-refractivity contribution in [2.45, 2.75) is 19.5 Å². The van der Waals surface area contributed by atoms with Gasteiger partial charge in [0.25, 0.3) is 0 Å². The molecule has 1 rings (SSSR count). The zero-order valence-electron chi connectivity index (χ0n) is 5.92. The summed E-state index contributed by atoms with van der Waals surface area (Å²) in [4.78, 5) is 0. The van der Waals surface area contributed by atoms with Gasteiger partial charge in [0.15, 0.2) is 0 Å². The first kappa shape index (κ1) is 8.37. The molecule has 0 bridgehead atoms. The Hall–Kier alpha value is -0.730. The van der Waals surface area contributed by atoms with E-state index in [-0.39, 0.29) is 12.0 Å². The number of rotatable bonds is 0. The third-order valence-corrected chi connectivity index (χ3v) is 1.47. The first-order valence-electron chi connectivity index (χ1n) is 3.10. The van der Waals surface area contributed by atoms with Gasteiger partial charge in [0.1, 0.15) is 0 Å². The maximum Gasteiger partial charge on any atom is 0.412 e. The topological polar surface area (TPSA) is 0 Å². The van der Waals surface area contributed by atoms with Crippen LogP contribution in [0.25, 0.3) is 0 Å². The highest BCUT2D eigenvalue weighted by Gasteiger charge is 2.34. The molecule has 0 unspecified atom stereocenters. The van der Waals surface area contributed by atoms with Gasteiger partial charge in [-0.25, -0.2) is 0 Å². The highest BCUT2D eigenvalue weighted by molar-refractivity contribution is 5.32. The van der Waals surface area contributed by atoms with E-state index < -0.39 is 11.7 Å². The molecule has 0 saturated carbocycles. The van der Waals surface area contributed by atoms with E-state index in [0.717, 1.165) is 0 Å². The van der Waals surface area contributed by atoms with Crippen molar-refractivity contribution in [3.05, 3.63) is 29.7 Å². The first-order chi connectivity index (χ1) is 5.02. The van der Waals surface area contributed by atoms with E-state index in [4.69, 9.17) is 0 Å². The van der Waals surface area contributed by atoms with E-state index in [2.05, 4.69) is 12.5 Å². The van der Waals surface area contributed by atoms with E-state index in [9.17, 15) is 13.2 Å². The van der Waals surface area contributed by atoms with Gasteiger partial charge in [-0.2, -0.15) is 13.2 Å². The molecule has 0 aromatic rings. The number of allylic oxidation sites excluding steroid dienone is 4. The molecule has 11 heavy (non-hydrogen) atoms. The molecule has 0 fully saturated rings. The monoisotopic (exact) mass is 159 g/mol. The summed E-state index contributed by atoms with van der Waals surface area (Å²) < 4.78 is 36.1. The van der Waals surface area contributed by atoms with Crippen LogP contribution in [0.4, 0.5) is 13.2 Å². The second kappa shape index (κ2) is 2.72. The van der Waals surface area contributed by atoms with Gasteiger partial charge in [0.2, 0.25) is 0 Å². The number of halogens is 3. The largest absolute Gasteiger partial charge is 0.412 e. The summed E-state index contributed by atoms with van der Waals surface area (Å²) in [5.74, 6) is 0. The fourth-order valence-corrected chi connectivity index (χ4v) is 0.849. The lowest BCUT2D eigenvalue weighted by Crippen LogP contribution is -2.14. The number of alkyl halides is 3. The van der Waals surface area contributed by atoms with Crippen molar-refractivity contribution < 1.29 is 13.2 Å². The minimum Gasteiger partial charge on any atom is -0.166 e. The van der Waals surface area contributed by atoms with Gasteiger partial charge < -0.3 is 0 Å². The second-order valence-corrected chi connectivity index (χ2v) is 2.30. The van der Waals surface area contributed by atoms with E-state index in [0.29, 0.717) is 0 Å². The molecular weight excluding hydrogens is 153 g/mol. The van der Waals surface area contributed by atoms with Crippen LogP contribution < -0.4 is 0 Å². The van der Waals surface area contributed by atoms with Gasteiger partial charge in [-0.3, -0.25) is 0 Å². The van der Waals surface area contributed by atoms with E-state index >= 15 is 0 Å². The summed E-state index contributed by atoms with van der Waals surface area (Å²) >= 11 is 0. The third kappa shape index (κ3) is 1.85. The van der Waals surface area contributed by atoms with Crippen LogP contribution in [0.15, 0.2) is 17.2 Å². The molecule has 0 spiro atoms. The Bertz CT molecular complexity index is 208. The van der Waals surface area contributed by atoms with Gasteiger partial charge >= 0.3 is 6.18 Å². The summed E-state index contributed by atoms with van der Waals surface area (Å²) in [5, 5.41) is 0. The standard InChI is InChI=1S/C8H6F3/c1-6-4-2-3-5-7(6)8(9,10)11/h4H,5H2,1H3. The van der Waals surface area contributed by atoms with Crippen molar-refractivity contribution in [1.82, 2.24) is 0 Å². The zero-order chi connectivity index (χ0) is 8.48. The second-order valence-electron chi connectivity index (χ2n) is 2.30. The maximum atomic E-state index is 12.0. The van der Waals surface area contributed by atoms with Crippen LogP contribution in [0.2, 0.25) is 0 Å². The van der Waals surface area contributed by atoms with Gasteiger partial charge in [-0.15, -0.1) is 0 Å². The maximum absolute atomic E-state index is 12.0. The summed E-state index contributed by atoms with van der Waals surface area (Å²) in [7, 11) is 0. The van der Waals surface area contributed by atoms with E-state index in [1.807, 2.05) is 0 Å². The Labute approximate surface area is 63.4 Å². The lowest BCUT2D eigenvalue weighted by Gasteiger charge is -2.15. The average molecular weight is 159 g/mol. The van der Waals surface area contributed by atoms with Crippen LogP contribution in [0, 0.1) is 12.5 Å². The predicted molar refractivity (Wildman–Crippen MR) is 34.4 cm³/mol. The molecular formula is C8H6F3. The number of hydrogen-bond acceptors (Lipinski definition) is 0. The first-order valence-corrected chi connectivity index (χ1v) is 3.10. The Morgan fingerprint density at radius 2 is 2.09 bits per heavy atom. The molecule has 3 radical (unpaired) electrons. The molecule has 0 aliphatic heterocycles. The summed E-state index contributed by atoms with van der Waals surface area (Å²) in [6.45, 7) is 1.43. The van der Waals surface area contributed by atoms with Crippen LogP contribution >= 0.6 is 0 Å². The van der Waals surface area contributed by atoms with Crippen molar-refractivity contribution in [3.8, 4) is 0 Å². The van der Waals surface area contributed by atoms with Gasteiger partial charge in [0.05, 0.1) is 0 Å². The minimum absolute atomic E-state index is 0.175. The van der Waals surface area contributed by atoms with Gasteiger partial charge in [0, 0.05) is 12.0 Å². The third-order valence-electron chi connectivity index (χ3n) is 1.47. The molecule has 0 amide bonds. The zero-order valence-corrected chi connectivity index (χ0v) is 5.92. The molecule has 0 atom stereocenters. The van der Waals surface area contributed by atoms with Gasteiger partial charge in [-0.1, -0.05) is 6.08 Å². The van der Waals surface area contributed by atoms with Crippen molar-refractivity contribution >= 4 is 0 Å². The molecule has 1 aliphatic carbocycles. The summed E-state index contributed by atoms with van der Waals surface area (Å²) in [6.07, 6.45) is 1.80. The SMILES string of the molecule is CC1=C(C(F)(F)F)C[C][C]=C1. The van der Waals surface area contributed by atoms with Crippen LogP contribution in [-0.4, -0.2) is 6.18 Å². The molecule has 0 saturated heterocycles. The molecule has 0 N–H and O–H groups in total. The van der Waals surface area contributed by atoms with Crippen molar-refractivity contribution in [3.63, 3.8) is 0 Å². The molecule has 0 heterocycles. The Balaban J connectivity index is 2.93. The molecule has 59 valence electrons. The molecule has 1 aliphatic rings. The molecule has 0 aromatic heterocycles. The highest BCUT2D eigenvalue weighted by Crippen LogP contribution is 2.33. The summed E-state index contributed by atoms with van der Waals surface area (Å²) in [5.41, 5.74) is -0.285. The Morgan fingerprint density at radius 1 is 1.45 bits per heavy atom. The van der Waals surface area contributed by atoms with Crippen LogP contribution in [0.3, 0.4) is 0 Å². The fraction of sp³-hybridized carbons (Fsp3) is 0.375. The average Bonchev–Trinajstić information content (AvgIpc) is 1.86. The smallest absolute Gasteiger partial charge is 0.166 e. The van der Waals surface area contributed by atoms with Crippen molar-refractivity contribution in [2.75, 3.05) is 0 Å². The van der Waals surface area contributed by atoms with Crippen molar-refractivity contribution in [1.29, 1.82) is 0 Å². The fourth-order valence-electron chi connectivity index (χ4n) is 0.849. The minimum atomic E-state index is -4.21. The Morgan fingerprint density at radius 3 is 2.45 bits per heavy atom. The van der Waals surface area contributed by atoms with E-state index in [1.165, 1.54) is 13.0 Å². The van der Waals surface area contributed by atoms with Gasteiger partial charge in [-0.05, 0) is 25.0 Å². The Kier molecular flexibility index (Phi) is 2.07. The molecule has 3 heteroatoms. The predicted octanol–water partition coefficient (Wildman–Crippen LogP) is 2.71. The van der Waals surface area contributed by atoms with Crippen LogP contribution in [-0.2, 0) is 0 Å². The normalized spacial score (nSPS) is 19.3. The molecule has 0 aromatic carbocycles. The quantitative estimate of drug-likeness (QED) is 0.509. The summed E-state index contributed by atoms with van der Waals surface area (Å²) in [6, 6.07) is 0. The van der Waals surface area contributed by atoms with E-state index in [1.54, 1.807) is 0 Å².